The molecular weight excluding hydrogens is 379 g/mol. The fourth-order valence-electron chi connectivity index (χ4n) is 2.64. The Labute approximate surface area is 158 Å². The monoisotopic (exact) mass is 393 g/mol. The number of alkyl halides is 3. The molecule has 0 atom stereocenters. The van der Waals surface area contributed by atoms with Crippen LogP contribution in [-0.2, 0) is 12.7 Å². The first-order chi connectivity index (χ1) is 12.8. The van der Waals surface area contributed by atoms with Crippen LogP contribution in [0, 0.1) is 6.92 Å². The maximum absolute atomic E-state index is 12.8. The number of rotatable bonds is 4. The van der Waals surface area contributed by atoms with Crippen molar-refractivity contribution < 1.29 is 18.0 Å². The van der Waals surface area contributed by atoms with Crippen LogP contribution in [0.2, 0.25) is 5.02 Å². The van der Waals surface area contributed by atoms with E-state index in [2.05, 4.69) is 10.4 Å². The van der Waals surface area contributed by atoms with Crippen LogP contribution < -0.4 is 5.32 Å². The molecule has 4 nitrogen and oxygen atoms in total. The molecule has 2 aromatic carbocycles. The smallest absolute Gasteiger partial charge is 0.348 e. The lowest BCUT2D eigenvalue weighted by molar-refractivity contribution is -0.137. The van der Waals surface area contributed by atoms with Crippen LogP contribution in [0.4, 0.5) is 13.2 Å². The zero-order valence-electron chi connectivity index (χ0n) is 14.2. The summed E-state index contributed by atoms with van der Waals surface area (Å²) in [4.78, 5) is 12.4. The second-order valence-corrected chi connectivity index (χ2v) is 6.35. The van der Waals surface area contributed by atoms with Gasteiger partial charge in [0.05, 0.1) is 28.7 Å². The number of nitrogens with zero attached hydrogens (tertiary/aromatic N) is 2. The number of halogens is 4. The van der Waals surface area contributed by atoms with Gasteiger partial charge in [-0.05, 0) is 42.8 Å². The quantitative estimate of drug-likeness (QED) is 0.693. The number of aromatic nitrogens is 2. The van der Waals surface area contributed by atoms with E-state index in [0.29, 0.717) is 27.5 Å². The lowest BCUT2D eigenvalue weighted by Crippen LogP contribution is -2.23. The van der Waals surface area contributed by atoms with Gasteiger partial charge in [-0.3, -0.25) is 4.79 Å². The minimum atomic E-state index is -4.42. The normalized spacial score (nSPS) is 11.4. The fraction of sp³-hybridized carbons (Fsp3) is 0.158. The van der Waals surface area contributed by atoms with E-state index in [1.165, 1.54) is 18.3 Å². The molecule has 3 rings (SSSR count). The molecule has 0 aliphatic rings. The highest BCUT2D eigenvalue weighted by Crippen LogP contribution is 2.29. The molecule has 0 spiro atoms. The van der Waals surface area contributed by atoms with Gasteiger partial charge in [0.1, 0.15) is 0 Å². The topological polar surface area (TPSA) is 46.9 Å². The molecule has 0 saturated carbocycles. The minimum Gasteiger partial charge on any atom is -0.348 e. The Kier molecular flexibility index (Phi) is 5.23. The molecule has 1 amide bonds. The summed E-state index contributed by atoms with van der Waals surface area (Å²) in [5.41, 5.74) is 1.25. The first-order valence-corrected chi connectivity index (χ1v) is 8.38. The number of carbonyl (C=O) groups is 1. The van der Waals surface area contributed by atoms with Gasteiger partial charge in [-0.15, -0.1) is 0 Å². The van der Waals surface area contributed by atoms with Gasteiger partial charge in [-0.25, -0.2) is 4.68 Å². The second-order valence-electron chi connectivity index (χ2n) is 5.92. The summed E-state index contributed by atoms with van der Waals surface area (Å²) in [5, 5.41) is 7.36. The zero-order chi connectivity index (χ0) is 19.6. The summed E-state index contributed by atoms with van der Waals surface area (Å²) in [6.07, 6.45) is -3.01. The first-order valence-electron chi connectivity index (χ1n) is 8.00. The summed E-state index contributed by atoms with van der Waals surface area (Å²) >= 11 is 5.98. The minimum absolute atomic E-state index is 0.0233. The molecule has 3 aromatic rings. The average Bonchev–Trinajstić information content (AvgIpc) is 3.01. The number of carbonyl (C=O) groups excluding carboxylic acids is 1. The molecule has 27 heavy (non-hydrogen) atoms. The third-order valence-corrected chi connectivity index (χ3v) is 4.25. The molecule has 140 valence electrons. The van der Waals surface area contributed by atoms with Crippen molar-refractivity contribution in [3.05, 3.63) is 82.1 Å². The predicted octanol–water partition coefficient (Wildman–Crippen LogP) is 4.78. The van der Waals surface area contributed by atoms with Crippen LogP contribution in [0.1, 0.15) is 27.2 Å². The number of hydrogen-bond acceptors (Lipinski definition) is 2. The maximum atomic E-state index is 12.8. The SMILES string of the molecule is Cc1c(C(=O)NCc2cccc(C(F)(F)F)c2)cnn1-c1cccc(Cl)c1. The van der Waals surface area contributed by atoms with Crippen molar-refractivity contribution in [1.29, 1.82) is 0 Å². The molecule has 0 bridgehead atoms. The predicted molar refractivity (Wildman–Crippen MR) is 95.9 cm³/mol. The number of nitrogens with one attached hydrogen (secondary N) is 1. The zero-order valence-corrected chi connectivity index (χ0v) is 15.0. The summed E-state index contributed by atoms with van der Waals surface area (Å²) in [5.74, 6) is -0.418. The van der Waals surface area contributed by atoms with Crippen molar-refractivity contribution in [2.45, 2.75) is 19.6 Å². The maximum Gasteiger partial charge on any atom is 0.416 e. The average molecular weight is 394 g/mol. The van der Waals surface area contributed by atoms with Crippen molar-refractivity contribution in [3.63, 3.8) is 0 Å². The molecule has 0 aliphatic heterocycles. The summed E-state index contributed by atoms with van der Waals surface area (Å²) in [7, 11) is 0. The van der Waals surface area contributed by atoms with Gasteiger partial charge in [-0.2, -0.15) is 18.3 Å². The third kappa shape index (κ3) is 4.31. The van der Waals surface area contributed by atoms with E-state index in [9.17, 15) is 18.0 Å². The number of hydrogen-bond donors (Lipinski definition) is 1. The Balaban J connectivity index is 1.74. The van der Waals surface area contributed by atoms with Gasteiger partial charge in [0.2, 0.25) is 0 Å². The van der Waals surface area contributed by atoms with Gasteiger partial charge in [0.15, 0.2) is 0 Å². The van der Waals surface area contributed by atoms with Crippen LogP contribution >= 0.6 is 11.6 Å². The Morgan fingerprint density at radius 2 is 1.93 bits per heavy atom. The van der Waals surface area contributed by atoms with Gasteiger partial charge >= 0.3 is 6.18 Å². The van der Waals surface area contributed by atoms with E-state index in [0.717, 1.165) is 12.1 Å². The van der Waals surface area contributed by atoms with Crippen molar-refractivity contribution in [2.24, 2.45) is 0 Å². The number of amides is 1. The Morgan fingerprint density at radius 1 is 1.19 bits per heavy atom. The summed E-state index contributed by atoms with van der Waals surface area (Å²) in [6, 6.07) is 11.9. The Hall–Kier alpha value is -2.80. The van der Waals surface area contributed by atoms with E-state index in [1.807, 2.05) is 0 Å². The second kappa shape index (κ2) is 7.44. The van der Waals surface area contributed by atoms with Crippen LogP contribution in [0.5, 0.6) is 0 Å². The van der Waals surface area contributed by atoms with Crippen molar-refractivity contribution in [3.8, 4) is 5.69 Å². The van der Waals surface area contributed by atoms with Gasteiger partial charge < -0.3 is 5.32 Å². The fourth-order valence-corrected chi connectivity index (χ4v) is 2.82. The van der Waals surface area contributed by atoms with Crippen LogP contribution in [0.25, 0.3) is 5.69 Å². The van der Waals surface area contributed by atoms with E-state index < -0.39 is 17.6 Å². The van der Waals surface area contributed by atoms with Gasteiger partial charge in [-0.1, -0.05) is 29.8 Å². The largest absolute Gasteiger partial charge is 0.416 e. The third-order valence-electron chi connectivity index (χ3n) is 4.01. The van der Waals surface area contributed by atoms with E-state index in [4.69, 9.17) is 11.6 Å². The lowest BCUT2D eigenvalue weighted by Gasteiger charge is -2.10. The van der Waals surface area contributed by atoms with Crippen molar-refractivity contribution >= 4 is 17.5 Å². The van der Waals surface area contributed by atoms with E-state index >= 15 is 0 Å². The number of benzene rings is 2. The van der Waals surface area contributed by atoms with Crippen molar-refractivity contribution in [2.75, 3.05) is 0 Å². The van der Waals surface area contributed by atoms with E-state index in [-0.39, 0.29) is 6.54 Å². The lowest BCUT2D eigenvalue weighted by atomic mass is 10.1. The molecular formula is C19H15ClF3N3O. The standard InChI is InChI=1S/C19H15ClF3N3O/c1-12-17(11-25-26(12)16-7-3-6-15(20)9-16)18(27)24-10-13-4-2-5-14(8-13)19(21,22)23/h2-9,11H,10H2,1H3,(H,24,27). The molecule has 1 N–H and O–H groups in total. The molecule has 0 unspecified atom stereocenters. The van der Waals surface area contributed by atoms with Gasteiger partial charge in [0.25, 0.3) is 5.91 Å². The molecule has 8 heteroatoms. The van der Waals surface area contributed by atoms with Crippen LogP contribution in [0.15, 0.2) is 54.7 Å². The van der Waals surface area contributed by atoms with Crippen molar-refractivity contribution in [1.82, 2.24) is 15.1 Å². The highest BCUT2D eigenvalue weighted by atomic mass is 35.5. The summed E-state index contributed by atoms with van der Waals surface area (Å²) < 4.78 is 39.9. The molecule has 0 aliphatic carbocycles. The molecule has 0 saturated heterocycles. The summed E-state index contributed by atoms with van der Waals surface area (Å²) in [6.45, 7) is 1.71. The Bertz CT molecular complexity index is 982. The molecule has 0 fully saturated rings. The highest BCUT2D eigenvalue weighted by Gasteiger charge is 2.30. The molecule has 0 radical (unpaired) electrons. The van der Waals surface area contributed by atoms with Crippen LogP contribution in [-0.4, -0.2) is 15.7 Å². The van der Waals surface area contributed by atoms with E-state index in [1.54, 1.807) is 35.9 Å². The highest BCUT2D eigenvalue weighted by molar-refractivity contribution is 6.30. The van der Waals surface area contributed by atoms with Crippen LogP contribution in [0.3, 0.4) is 0 Å². The molecule has 1 heterocycles. The van der Waals surface area contributed by atoms with Gasteiger partial charge in [0, 0.05) is 11.6 Å². The molecule has 1 aromatic heterocycles. The first kappa shape index (κ1) is 19.0. The Morgan fingerprint density at radius 3 is 2.63 bits per heavy atom.